The molecular formula is C43H33N. The van der Waals surface area contributed by atoms with Crippen LogP contribution in [0.3, 0.4) is 0 Å². The molecule has 1 aromatic heterocycles. The van der Waals surface area contributed by atoms with Crippen LogP contribution in [0.2, 0.25) is 0 Å². The maximum absolute atomic E-state index is 2.48. The van der Waals surface area contributed by atoms with E-state index in [4.69, 9.17) is 0 Å². The Morgan fingerprint density at radius 3 is 2.00 bits per heavy atom. The van der Waals surface area contributed by atoms with Crippen molar-refractivity contribution in [3.63, 3.8) is 0 Å². The summed E-state index contributed by atoms with van der Waals surface area (Å²) in [5.41, 5.74) is 15.0. The molecule has 8 aromatic rings. The molecule has 0 aliphatic carbocycles. The summed E-state index contributed by atoms with van der Waals surface area (Å²) in [4.78, 5) is 0. The monoisotopic (exact) mass is 563 g/mol. The van der Waals surface area contributed by atoms with Crippen molar-refractivity contribution in [2.24, 2.45) is 0 Å². The summed E-state index contributed by atoms with van der Waals surface area (Å²) in [5, 5.41) is 5.11. The standard InChI is InChI=1S/C43H33N/c1-28-21-24-37-41(25-28)44(34-17-8-5-9-18-34)43-40(36-20-12-16-32-15-10-11-19-35(32)36)27-39(30(3)42(37)43)38-26-33(23-22-29(38)2)31-13-6-4-7-14-31/h4-27H,1-3H3. The first-order valence-electron chi connectivity index (χ1n) is 15.4. The Morgan fingerprint density at radius 1 is 0.455 bits per heavy atom. The van der Waals surface area contributed by atoms with Crippen LogP contribution in [0.15, 0.2) is 146 Å². The SMILES string of the molecule is Cc1ccc2c3c(C)c(-c4cc(-c5ccccc5)ccc4C)cc(-c4cccc5ccccc45)c3n(-c3ccccc3)c2c1. The Hall–Kier alpha value is -5.40. The Morgan fingerprint density at radius 2 is 1.18 bits per heavy atom. The molecule has 0 aliphatic rings. The van der Waals surface area contributed by atoms with E-state index in [1.54, 1.807) is 0 Å². The molecule has 1 heteroatoms. The molecule has 0 saturated heterocycles. The molecule has 0 aliphatic heterocycles. The number of rotatable bonds is 4. The zero-order valence-corrected chi connectivity index (χ0v) is 25.3. The fraction of sp³-hybridized carbons (Fsp3) is 0.0698. The average molecular weight is 564 g/mol. The van der Waals surface area contributed by atoms with Gasteiger partial charge in [0.2, 0.25) is 0 Å². The van der Waals surface area contributed by atoms with Crippen molar-refractivity contribution in [1.82, 2.24) is 4.57 Å². The lowest BCUT2D eigenvalue weighted by Gasteiger charge is -2.19. The summed E-state index contributed by atoms with van der Waals surface area (Å²) in [5.74, 6) is 0. The van der Waals surface area contributed by atoms with Gasteiger partial charge in [-0.15, -0.1) is 0 Å². The predicted molar refractivity (Wildman–Crippen MR) is 189 cm³/mol. The van der Waals surface area contributed by atoms with Gasteiger partial charge < -0.3 is 4.57 Å². The van der Waals surface area contributed by atoms with Gasteiger partial charge in [-0.3, -0.25) is 0 Å². The van der Waals surface area contributed by atoms with E-state index >= 15 is 0 Å². The van der Waals surface area contributed by atoms with Crippen molar-refractivity contribution in [3.8, 4) is 39.1 Å². The summed E-state index contributed by atoms with van der Waals surface area (Å²) < 4.78 is 2.48. The molecular weight excluding hydrogens is 530 g/mol. The van der Waals surface area contributed by atoms with Crippen molar-refractivity contribution in [1.29, 1.82) is 0 Å². The fourth-order valence-electron chi connectivity index (χ4n) is 7.00. The summed E-state index contributed by atoms with van der Waals surface area (Å²) >= 11 is 0. The van der Waals surface area contributed by atoms with Gasteiger partial charge in [-0.25, -0.2) is 0 Å². The molecule has 210 valence electrons. The number of aromatic nitrogens is 1. The first-order valence-corrected chi connectivity index (χ1v) is 15.4. The van der Waals surface area contributed by atoms with Crippen molar-refractivity contribution in [2.75, 3.05) is 0 Å². The van der Waals surface area contributed by atoms with Crippen LogP contribution >= 0.6 is 0 Å². The van der Waals surface area contributed by atoms with Gasteiger partial charge in [0, 0.05) is 22.0 Å². The van der Waals surface area contributed by atoms with Crippen LogP contribution in [-0.4, -0.2) is 4.57 Å². The van der Waals surface area contributed by atoms with Crippen molar-refractivity contribution in [2.45, 2.75) is 20.8 Å². The molecule has 1 nitrogen and oxygen atoms in total. The van der Waals surface area contributed by atoms with Crippen molar-refractivity contribution in [3.05, 3.63) is 162 Å². The Bertz CT molecular complexity index is 2330. The zero-order valence-electron chi connectivity index (χ0n) is 25.3. The largest absolute Gasteiger partial charge is 0.309 e. The van der Waals surface area contributed by atoms with Crippen molar-refractivity contribution < 1.29 is 0 Å². The Kier molecular flexibility index (Phi) is 6.20. The van der Waals surface area contributed by atoms with Crippen LogP contribution in [-0.2, 0) is 0 Å². The summed E-state index contributed by atoms with van der Waals surface area (Å²) in [6.45, 7) is 6.74. The Balaban J connectivity index is 1.56. The lowest BCUT2D eigenvalue weighted by molar-refractivity contribution is 1.18. The highest BCUT2D eigenvalue weighted by atomic mass is 15.0. The molecule has 0 unspecified atom stereocenters. The van der Waals surface area contributed by atoms with E-state index in [0.29, 0.717) is 0 Å². The molecule has 1 heterocycles. The smallest absolute Gasteiger partial charge is 0.0622 e. The first-order chi connectivity index (χ1) is 21.6. The van der Waals surface area contributed by atoms with E-state index in [0.717, 1.165) is 0 Å². The highest BCUT2D eigenvalue weighted by Crippen LogP contribution is 2.46. The number of nitrogens with zero attached hydrogens (tertiary/aromatic N) is 1. The lowest BCUT2D eigenvalue weighted by atomic mass is 9.87. The number of para-hydroxylation sites is 1. The van der Waals surface area contributed by atoms with E-state index in [-0.39, 0.29) is 0 Å². The minimum absolute atomic E-state index is 1.17. The zero-order chi connectivity index (χ0) is 29.8. The number of aryl methyl sites for hydroxylation is 3. The maximum Gasteiger partial charge on any atom is 0.0622 e. The molecule has 0 radical (unpaired) electrons. The molecule has 0 N–H and O–H groups in total. The van der Waals surface area contributed by atoms with Gasteiger partial charge in [0.15, 0.2) is 0 Å². The Labute approximate surface area is 258 Å². The highest BCUT2D eigenvalue weighted by Gasteiger charge is 2.23. The second kappa shape index (κ2) is 10.4. The maximum atomic E-state index is 2.48. The number of fused-ring (bicyclic) bond motifs is 4. The average Bonchev–Trinajstić information content (AvgIpc) is 3.41. The molecule has 0 fully saturated rings. The number of hydrogen-bond acceptors (Lipinski definition) is 0. The van der Waals surface area contributed by atoms with Gasteiger partial charge in [0.05, 0.1) is 11.0 Å². The minimum Gasteiger partial charge on any atom is -0.309 e. The summed E-state index contributed by atoms with van der Waals surface area (Å²) in [7, 11) is 0. The molecule has 0 spiro atoms. The van der Waals surface area contributed by atoms with Crippen LogP contribution in [0.25, 0.3) is 71.6 Å². The lowest BCUT2D eigenvalue weighted by Crippen LogP contribution is -1.98. The highest BCUT2D eigenvalue weighted by molar-refractivity contribution is 6.19. The summed E-state index contributed by atoms with van der Waals surface area (Å²) in [6.07, 6.45) is 0. The van der Waals surface area contributed by atoms with Gasteiger partial charge >= 0.3 is 0 Å². The summed E-state index contributed by atoms with van der Waals surface area (Å²) in [6, 6.07) is 53.3. The third-order valence-corrected chi connectivity index (χ3v) is 9.18. The third-order valence-electron chi connectivity index (χ3n) is 9.18. The number of hydrogen-bond donors (Lipinski definition) is 0. The van der Waals surface area contributed by atoms with Crippen LogP contribution in [0.1, 0.15) is 16.7 Å². The minimum atomic E-state index is 1.17. The van der Waals surface area contributed by atoms with Crippen LogP contribution in [0.5, 0.6) is 0 Å². The molecule has 0 saturated carbocycles. The van der Waals surface area contributed by atoms with E-state index in [1.807, 2.05) is 0 Å². The van der Waals surface area contributed by atoms with Gasteiger partial charge in [-0.2, -0.15) is 0 Å². The molecule has 44 heavy (non-hydrogen) atoms. The van der Waals surface area contributed by atoms with Crippen LogP contribution < -0.4 is 0 Å². The van der Waals surface area contributed by atoms with Crippen LogP contribution in [0.4, 0.5) is 0 Å². The second-order valence-corrected chi connectivity index (χ2v) is 11.9. The topological polar surface area (TPSA) is 4.93 Å². The molecule has 8 rings (SSSR count). The fourth-order valence-corrected chi connectivity index (χ4v) is 7.00. The van der Waals surface area contributed by atoms with E-state index in [9.17, 15) is 0 Å². The van der Waals surface area contributed by atoms with E-state index in [2.05, 4.69) is 171 Å². The van der Waals surface area contributed by atoms with Crippen molar-refractivity contribution >= 4 is 32.6 Å². The molecule has 0 atom stereocenters. The van der Waals surface area contributed by atoms with E-state index in [1.165, 1.54) is 88.3 Å². The second-order valence-electron chi connectivity index (χ2n) is 11.9. The van der Waals surface area contributed by atoms with E-state index < -0.39 is 0 Å². The third kappa shape index (κ3) is 4.16. The number of benzene rings is 7. The van der Waals surface area contributed by atoms with Crippen LogP contribution in [0, 0.1) is 20.8 Å². The molecule has 0 bridgehead atoms. The van der Waals surface area contributed by atoms with Gasteiger partial charge in [-0.1, -0.05) is 115 Å². The van der Waals surface area contributed by atoms with Gasteiger partial charge in [0.1, 0.15) is 0 Å². The molecule has 0 amide bonds. The first kappa shape index (κ1) is 26.2. The van der Waals surface area contributed by atoms with Gasteiger partial charge in [0.25, 0.3) is 0 Å². The molecule has 7 aromatic carbocycles. The normalized spacial score (nSPS) is 11.5. The quantitative estimate of drug-likeness (QED) is 0.201. The predicted octanol–water partition coefficient (Wildman–Crippen LogP) is 11.9. The van der Waals surface area contributed by atoms with Gasteiger partial charge in [-0.05, 0) is 106 Å².